The van der Waals surface area contributed by atoms with Crippen LogP contribution in [-0.4, -0.2) is 57.4 Å². The molecule has 2 N–H and O–H groups in total. The largest absolute Gasteiger partial charge is 0.348 e. The van der Waals surface area contributed by atoms with Crippen molar-refractivity contribution in [2.45, 2.75) is 51.0 Å². The number of carbonyl (C=O) groups excluding carboxylic acids is 1. The SMILES string of the molecule is Cc1ccc(S(=O)(=O)N2CC[NH+](CC(=O)N[C@H]3CCC[C@@H](C)[C@H]3C)CC2)cc1. The van der Waals surface area contributed by atoms with Crippen LogP contribution in [0.1, 0.15) is 38.7 Å². The maximum Gasteiger partial charge on any atom is 0.275 e. The van der Waals surface area contributed by atoms with Crippen molar-refractivity contribution in [1.29, 1.82) is 0 Å². The van der Waals surface area contributed by atoms with Crippen LogP contribution in [0, 0.1) is 18.8 Å². The van der Waals surface area contributed by atoms with Crippen LogP contribution >= 0.6 is 0 Å². The molecule has 1 aliphatic carbocycles. The molecule has 28 heavy (non-hydrogen) atoms. The van der Waals surface area contributed by atoms with E-state index in [4.69, 9.17) is 0 Å². The van der Waals surface area contributed by atoms with Crippen molar-refractivity contribution in [2.75, 3.05) is 32.7 Å². The third kappa shape index (κ3) is 4.93. The van der Waals surface area contributed by atoms with E-state index in [0.717, 1.165) is 16.9 Å². The predicted molar refractivity (Wildman–Crippen MR) is 110 cm³/mol. The summed E-state index contributed by atoms with van der Waals surface area (Å²) in [6.07, 6.45) is 3.49. The number of nitrogens with one attached hydrogen (secondary N) is 2. The van der Waals surface area contributed by atoms with Gasteiger partial charge in [0.15, 0.2) is 6.54 Å². The van der Waals surface area contributed by atoms with E-state index in [1.54, 1.807) is 16.4 Å². The highest BCUT2D eigenvalue weighted by molar-refractivity contribution is 7.89. The monoisotopic (exact) mass is 408 g/mol. The summed E-state index contributed by atoms with van der Waals surface area (Å²) in [5.41, 5.74) is 1.04. The lowest BCUT2D eigenvalue weighted by Gasteiger charge is -2.35. The fourth-order valence-corrected chi connectivity index (χ4v) is 5.79. The van der Waals surface area contributed by atoms with E-state index in [1.807, 2.05) is 19.1 Å². The summed E-state index contributed by atoms with van der Waals surface area (Å²) in [6, 6.07) is 7.27. The van der Waals surface area contributed by atoms with Gasteiger partial charge in [-0.2, -0.15) is 4.31 Å². The molecule has 0 unspecified atom stereocenters. The van der Waals surface area contributed by atoms with Crippen molar-refractivity contribution < 1.29 is 18.1 Å². The van der Waals surface area contributed by atoms with Crippen molar-refractivity contribution in [2.24, 2.45) is 11.8 Å². The molecule has 3 rings (SSSR count). The van der Waals surface area contributed by atoms with Crippen LogP contribution < -0.4 is 10.2 Å². The van der Waals surface area contributed by atoms with Gasteiger partial charge in [-0.25, -0.2) is 8.42 Å². The number of sulfonamides is 1. The van der Waals surface area contributed by atoms with Crippen molar-refractivity contribution in [1.82, 2.24) is 9.62 Å². The molecule has 1 aromatic rings. The second-order valence-corrected chi connectivity index (χ2v) is 10.5. The Morgan fingerprint density at radius 2 is 1.79 bits per heavy atom. The van der Waals surface area contributed by atoms with Crippen LogP contribution in [0.3, 0.4) is 0 Å². The number of benzene rings is 1. The van der Waals surface area contributed by atoms with Gasteiger partial charge in [-0.3, -0.25) is 4.79 Å². The molecular weight excluding hydrogens is 374 g/mol. The molecule has 6 nitrogen and oxygen atoms in total. The van der Waals surface area contributed by atoms with Gasteiger partial charge in [-0.05, 0) is 37.3 Å². The highest BCUT2D eigenvalue weighted by Gasteiger charge is 2.32. The number of amides is 1. The number of piperazine rings is 1. The Morgan fingerprint density at radius 3 is 2.43 bits per heavy atom. The average molecular weight is 409 g/mol. The molecule has 0 bridgehead atoms. The van der Waals surface area contributed by atoms with Crippen molar-refractivity contribution in [3.8, 4) is 0 Å². The lowest BCUT2D eigenvalue weighted by Crippen LogP contribution is -3.15. The minimum atomic E-state index is -3.45. The minimum Gasteiger partial charge on any atom is -0.348 e. The molecule has 7 heteroatoms. The van der Waals surface area contributed by atoms with Gasteiger partial charge in [0.25, 0.3) is 5.91 Å². The molecular formula is C21H34N3O3S+. The van der Waals surface area contributed by atoms with E-state index in [9.17, 15) is 13.2 Å². The fourth-order valence-electron chi connectivity index (χ4n) is 4.35. The molecule has 2 aliphatic rings. The maximum absolute atomic E-state index is 12.8. The van der Waals surface area contributed by atoms with Crippen LogP contribution in [0.4, 0.5) is 0 Å². The first-order valence-corrected chi connectivity index (χ1v) is 11.9. The summed E-state index contributed by atoms with van der Waals surface area (Å²) in [5, 5.41) is 3.23. The zero-order valence-electron chi connectivity index (χ0n) is 17.3. The first-order valence-electron chi connectivity index (χ1n) is 10.5. The summed E-state index contributed by atoms with van der Waals surface area (Å²) in [6.45, 7) is 9.10. The minimum absolute atomic E-state index is 0.0933. The van der Waals surface area contributed by atoms with Gasteiger partial charge in [-0.15, -0.1) is 0 Å². The fraction of sp³-hybridized carbons (Fsp3) is 0.667. The Labute approximate surface area is 169 Å². The van der Waals surface area contributed by atoms with Crippen molar-refractivity contribution in [3.05, 3.63) is 29.8 Å². The maximum atomic E-state index is 12.8. The van der Waals surface area contributed by atoms with E-state index < -0.39 is 10.0 Å². The van der Waals surface area contributed by atoms with Crippen LogP contribution in [0.15, 0.2) is 29.2 Å². The topological polar surface area (TPSA) is 70.9 Å². The number of nitrogens with zero attached hydrogens (tertiary/aromatic N) is 1. The quantitative estimate of drug-likeness (QED) is 0.758. The smallest absolute Gasteiger partial charge is 0.275 e. The number of hydrogen-bond acceptors (Lipinski definition) is 3. The number of rotatable bonds is 5. The van der Waals surface area contributed by atoms with Gasteiger partial charge in [0.2, 0.25) is 10.0 Å². The van der Waals surface area contributed by atoms with Gasteiger partial charge in [-0.1, -0.05) is 44.4 Å². The second kappa shape index (κ2) is 8.93. The summed E-state index contributed by atoms with van der Waals surface area (Å²) in [4.78, 5) is 14.0. The van der Waals surface area contributed by atoms with Crippen LogP contribution in [0.5, 0.6) is 0 Å². The molecule has 156 valence electrons. The van der Waals surface area contributed by atoms with Gasteiger partial charge in [0.05, 0.1) is 31.1 Å². The summed E-state index contributed by atoms with van der Waals surface area (Å²) >= 11 is 0. The molecule has 0 aromatic heterocycles. The van der Waals surface area contributed by atoms with E-state index in [0.29, 0.717) is 49.5 Å². The van der Waals surface area contributed by atoms with E-state index in [-0.39, 0.29) is 11.9 Å². The molecule has 1 heterocycles. The average Bonchev–Trinajstić information content (AvgIpc) is 2.66. The van der Waals surface area contributed by atoms with Gasteiger partial charge >= 0.3 is 0 Å². The van der Waals surface area contributed by atoms with Crippen LogP contribution in [-0.2, 0) is 14.8 Å². The molecule has 1 amide bonds. The highest BCUT2D eigenvalue weighted by atomic mass is 32.2. The molecule has 2 fully saturated rings. The first kappa shape index (κ1) is 21.3. The first-order chi connectivity index (χ1) is 13.3. The Kier molecular flexibility index (Phi) is 6.78. The Balaban J connectivity index is 1.50. The Bertz CT molecular complexity index is 771. The molecule has 0 radical (unpaired) electrons. The van der Waals surface area contributed by atoms with Crippen molar-refractivity contribution >= 4 is 15.9 Å². The normalized spacial score (nSPS) is 27.5. The summed E-state index contributed by atoms with van der Waals surface area (Å²) < 4.78 is 27.1. The number of aryl methyl sites for hydroxylation is 1. The van der Waals surface area contributed by atoms with E-state index >= 15 is 0 Å². The highest BCUT2D eigenvalue weighted by Crippen LogP contribution is 2.29. The number of carbonyl (C=O) groups is 1. The van der Waals surface area contributed by atoms with Gasteiger partial charge < -0.3 is 10.2 Å². The Morgan fingerprint density at radius 1 is 1.14 bits per heavy atom. The molecule has 1 saturated heterocycles. The summed E-state index contributed by atoms with van der Waals surface area (Å²) in [7, 11) is -3.45. The zero-order chi connectivity index (χ0) is 20.3. The third-order valence-electron chi connectivity index (χ3n) is 6.55. The van der Waals surface area contributed by atoms with Crippen LogP contribution in [0.2, 0.25) is 0 Å². The number of quaternary nitrogens is 1. The molecule has 1 aromatic carbocycles. The third-order valence-corrected chi connectivity index (χ3v) is 8.46. The van der Waals surface area contributed by atoms with Crippen LogP contribution in [0.25, 0.3) is 0 Å². The molecule has 0 spiro atoms. The van der Waals surface area contributed by atoms with Gasteiger partial charge in [0.1, 0.15) is 0 Å². The van der Waals surface area contributed by atoms with Crippen molar-refractivity contribution in [3.63, 3.8) is 0 Å². The molecule has 1 saturated carbocycles. The van der Waals surface area contributed by atoms with E-state index in [1.165, 1.54) is 12.8 Å². The van der Waals surface area contributed by atoms with Gasteiger partial charge in [0, 0.05) is 6.04 Å². The summed E-state index contributed by atoms with van der Waals surface area (Å²) in [5.74, 6) is 1.27. The lowest BCUT2D eigenvalue weighted by atomic mass is 9.78. The zero-order valence-corrected chi connectivity index (χ0v) is 18.1. The molecule has 3 atom stereocenters. The second-order valence-electron chi connectivity index (χ2n) is 8.59. The lowest BCUT2D eigenvalue weighted by molar-refractivity contribution is -0.895. The standard InChI is InChI=1S/C21H33N3O3S/c1-16-7-9-19(10-8-16)28(26,27)24-13-11-23(12-14-24)15-21(25)22-20-6-4-5-17(2)18(20)3/h7-10,17-18,20H,4-6,11-15H2,1-3H3,(H,22,25)/p+1/t17-,18-,20+/m1/s1. The predicted octanol–water partition coefficient (Wildman–Crippen LogP) is 0.825. The Hall–Kier alpha value is -1.44. The molecule has 1 aliphatic heterocycles. The van der Waals surface area contributed by atoms with E-state index in [2.05, 4.69) is 19.2 Å². The number of hydrogen-bond donors (Lipinski definition) is 2.